The lowest BCUT2D eigenvalue weighted by molar-refractivity contribution is -0.126. The van der Waals surface area contributed by atoms with Gasteiger partial charge < -0.3 is 4.74 Å². The summed E-state index contributed by atoms with van der Waals surface area (Å²) in [7, 11) is 0. The Morgan fingerprint density at radius 1 is 1.00 bits per heavy atom. The number of amides is 2. The molecule has 0 aliphatic heterocycles. The highest BCUT2D eigenvalue weighted by molar-refractivity contribution is 5.81. The molecule has 104 valence electrons. The maximum absolute atomic E-state index is 11.8. The van der Waals surface area contributed by atoms with Crippen LogP contribution < -0.4 is 10.9 Å². The van der Waals surface area contributed by atoms with E-state index in [1.165, 1.54) is 12.8 Å². The van der Waals surface area contributed by atoms with Crippen molar-refractivity contribution in [2.45, 2.75) is 64.9 Å². The lowest BCUT2D eigenvalue weighted by atomic mass is 10.00. The molecule has 5 heteroatoms. The van der Waals surface area contributed by atoms with Crippen LogP contribution in [0.4, 0.5) is 4.79 Å². The molecular formula is C13H24N2O3. The molecule has 0 spiro atoms. The summed E-state index contributed by atoms with van der Waals surface area (Å²) in [6.45, 7) is 5.33. The predicted octanol–water partition coefficient (Wildman–Crippen LogP) is 2.51. The summed E-state index contributed by atoms with van der Waals surface area (Å²) in [5.74, 6) is -0.0924. The highest BCUT2D eigenvalue weighted by atomic mass is 16.6. The quantitative estimate of drug-likeness (QED) is 0.559. The van der Waals surface area contributed by atoms with E-state index in [-0.39, 0.29) is 11.8 Å². The molecule has 1 rings (SSSR count). The molecule has 5 nitrogen and oxygen atoms in total. The third kappa shape index (κ3) is 5.89. The number of carbonyl (C=O) groups excluding carboxylic acids is 2. The summed E-state index contributed by atoms with van der Waals surface area (Å²) in [6, 6.07) is 0. The molecule has 2 amide bonds. The van der Waals surface area contributed by atoms with Crippen LogP contribution in [0.25, 0.3) is 0 Å². The highest BCUT2D eigenvalue weighted by Gasteiger charge is 2.21. The average molecular weight is 256 g/mol. The number of rotatable bonds is 1. The Labute approximate surface area is 109 Å². The Morgan fingerprint density at radius 2 is 1.56 bits per heavy atom. The summed E-state index contributed by atoms with van der Waals surface area (Å²) < 4.78 is 5.04. The van der Waals surface area contributed by atoms with Crippen molar-refractivity contribution in [2.75, 3.05) is 0 Å². The van der Waals surface area contributed by atoms with Crippen LogP contribution in [0, 0.1) is 5.92 Å². The van der Waals surface area contributed by atoms with Crippen molar-refractivity contribution < 1.29 is 14.3 Å². The molecule has 1 fully saturated rings. The SMILES string of the molecule is CC(C)(C)OC(=O)NNC(=O)C1CCCCCC1. The number of carbonyl (C=O) groups is 2. The molecule has 0 aromatic rings. The van der Waals surface area contributed by atoms with Crippen LogP contribution in [0.15, 0.2) is 0 Å². The van der Waals surface area contributed by atoms with E-state index in [1.54, 1.807) is 20.8 Å². The molecule has 1 aliphatic carbocycles. The number of hydrazine groups is 1. The van der Waals surface area contributed by atoms with Crippen LogP contribution >= 0.6 is 0 Å². The summed E-state index contributed by atoms with van der Waals surface area (Å²) >= 11 is 0. The largest absolute Gasteiger partial charge is 0.443 e. The Morgan fingerprint density at radius 3 is 2.06 bits per heavy atom. The molecule has 0 bridgehead atoms. The van der Waals surface area contributed by atoms with Crippen molar-refractivity contribution in [1.82, 2.24) is 10.9 Å². The maximum atomic E-state index is 11.8. The van der Waals surface area contributed by atoms with Crippen LogP contribution in [0.3, 0.4) is 0 Å². The first-order chi connectivity index (χ1) is 8.38. The molecule has 0 aromatic heterocycles. The third-order valence-electron chi connectivity index (χ3n) is 2.91. The molecule has 0 unspecified atom stereocenters. The first kappa shape index (κ1) is 14.8. The molecule has 1 aliphatic rings. The van der Waals surface area contributed by atoms with Crippen molar-refractivity contribution >= 4 is 12.0 Å². The van der Waals surface area contributed by atoms with E-state index >= 15 is 0 Å². The van der Waals surface area contributed by atoms with Gasteiger partial charge in [0.05, 0.1) is 0 Å². The standard InChI is InChI=1S/C13H24N2O3/c1-13(2,3)18-12(17)15-14-11(16)10-8-6-4-5-7-9-10/h10H,4-9H2,1-3H3,(H,14,16)(H,15,17). The van der Waals surface area contributed by atoms with E-state index in [2.05, 4.69) is 10.9 Å². The van der Waals surface area contributed by atoms with Crippen molar-refractivity contribution in [1.29, 1.82) is 0 Å². The summed E-state index contributed by atoms with van der Waals surface area (Å²) in [5.41, 5.74) is 4.18. The van der Waals surface area contributed by atoms with Gasteiger partial charge in [-0.3, -0.25) is 10.2 Å². The molecule has 0 radical (unpaired) electrons. The molecule has 2 N–H and O–H groups in total. The molecule has 1 saturated carbocycles. The maximum Gasteiger partial charge on any atom is 0.426 e. The fourth-order valence-corrected chi connectivity index (χ4v) is 2.06. The molecule has 0 saturated heterocycles. The van der Waals surface area contributed by atoms with E-state index in [0.29, 0.717) is 0 Å². The van der Waals surface area contributed by atoms with Gasteiger partial charge in [0.1, 0.15) is 5.60 Å². The molecule has 18 heavy (non-hydrogen) atoms. The minimum atomic E-state index is -0.621. The Kier molecular flexibility index (Phi) is 5.44. The van der Waals surface area contributed by atoms with Crippen LogP contribution in [0.5, 0.6) is 0 Å². The van der Waals surface area contributed by atoms with E-state index in [9.17, 15) is 9.59 Å². The van der Waals surface area contributed by atoms with Gasteiger partial charge in [0.2, 0.25) is 5.91 Å². The van der Waals surface area contributed by atoms with Gasteiger partial charge in [0, 0.05) is 5.92 Å². The average Bonchev–Trinajstić information content (AvgIpc) is 2.52. The monoisotopic (exact) mass is 256 g/mol. The van der Waals surface area contributed by atoms with E-state index in [0.717, 1.165) is 25.7 Å². The second-order valence-corrected chi connectivity index (χ2v) is 5.80. The van der Waals surface area contributed by atoms with E-state index in [1.807, 2.05) is 0 Å². The molecule has 0 heterocycles. The third-order valence-corrected chi connectivity index (χ3v) is 2.91. The lowest BCUT2D eigenvalue weighted by Gasteiger charge is -2.20. The van der Waals surface area contributed by atoms with Gasteiger partial charge in [-0.05, 0) is 33.6 Å². The van der Waals surface area contributed by atoms with Gasteiger partial charge in [-0.2, -0.15) is 0 Å². The van der Waals surface area contributed by atoms with Gasteiger partial charge in [-0.25, -0.2) is 10.2 Å². The van der Waals surface area contributed by atoms with Crippen LogP contribution in [-0.2, 0) is 9.53 Å². The molecule has 0 aromatic carbocycles. The van der Waals surface area contributed by atoms with Crippen molar-refractivity contribution in [3.8, 4) is 0 Å². The van der Waals surface area contributed by atoms with Crippen molar-refractivity contribution in [3.63, 3.8) is 0 Å². The Bertz CT molecular complexity index is 289. The summed E-state index contributed by atoms with van der Waals surface area (Å²) in [4.78, 5) is 23.2. The highest BCUT2D eigenvalue weighted by Crippen LogP contribution is 2.22. The predicted molar refractivity (Wildman–Crippen MR) is 68.7 cm³/mol. The van der Waals surface area contributed by atoms with Gasteiger partial charge in [-0.1, -0.05) is 25.7 Å². The fraction of sp³-hybridized carbons (Fsp3) is 0.846. The second-order valence-electron chi connectivity index (χ2n) is 5.80. The number of nitrogens with one attached hydrogen (secondary N) is 2. The first-order valence-corrected chi connectivity index (χ1v) is 6.67. The normalized spacial score (nSPS) is 17.7. The van der Waals surface area contributed by atoms with Crippen molar-refractivity contribution in [2.24, 2.45) is 5.92 Å². The fourth-order valence-electron chi connectivity index (χ4n) is 2.06. The van der Waals surface area contributed by atoms with Crippen LogP contribution in [0.2, 0.25) is 0 Å². The zero-order chi connectivity index (χ0) is 13.6. The number of hydrogen-bond acceptors (Lipinski definition) is 3. The van der Waals surface area contributed by atoms with Crippen LogP contribution in [-0.4, -0.2) is 17.6 Å². The van der Waals surface area contributed by atoms with Crippen molar-refractivity contribution in [3.05, 3.63) is 0 Å². The van der Waals surface area contributed by atoms with Gasteiger partial charge in [-0.15, -0.1) is 0 Å². The number of ether oxygens (including phenoxy) is 1. The zero-order valence-corrected chi connectivity index (χ0v) is 11.5. The Balaban J connectivity index is 2.29. The molecular weight excluding hydrogens is 232 g/mol. The minimum Gasteiger partial charge on any atom is -0.443 e. The Hall–Kier alpha value is -1.26. The topological polar surface area (TPSA) is 67.4 Å². The second kappa shape index (κ2) is 6.61. The van der Waals surface area contributed by atoms with Gasteiger partial charge >= 0.3 is 6.09 Å². The number of hydrogen-bond donors (Lipinski definition) is 2. The zero-order valence-electron chi connectivity index (χ0n) is 11.5. The smallest absolute Gasteiger partial charge is 0.426 e. The van der Waals surface area contributed by atoms with Gasteiger partial charge in [0.15, 0.2) is 0 Å². The minimum absolute atomic E-state index is 0.0161. The molecule has 0 atom stereocenters. The lowest BCUT2D eigenvalue weighted by Crippen LogP contribution is -2.46. The summed E-state index contributed by atoms with van der Waals surface area (Å²) in [5, 5.41) is 0. The summed E-state index contributed by atoms with van der Waals surface area (Å²) in [6.07, 6.45) is 5.76. The van der Waals surface area contributed by atoms with E-state index in [4.69, 9.17) is 4.74 Å². The van der Waals surface area contributed by atoms with E-state index < -0.39 is 11.7 Å². The van der Waals surface area contributed by atoms with Gasteiger partial charge in [0.25, 0.3) is 0 Å². The van der Waals surface area contributed by atoms with Crippen LogP contribution in [0.1, 0.15) is 59.3 Å². The first-order valence-electron chi connectivity index (χ1n) is 6.67.